The highest BCUT2D eigenvalue weighted by Crippen LogP contribution is 2.31. The molecule has 0 aliphatic carbocycles. The number of rotatable bonds is 7. The Morgan fingerprint density at radius 2 is 1.87 bits per heavy atom. The highest BCUT2D eigenvalue weighted by atomic mass is 32.1. The normalized spacial score (nSPS) is 13.3. The van der Waals surface area contributed by atoms with Crippen molar-refractivity contribution < 1.29 is 24.0 Å². The molecule has 11 heteroatoms. The molecule has 10 nitrogen and oxygen atoms in total. The van der Waals surface area contributed by atoms with E-state index < -0.39 is 23.4 Å². The van der Waals surface area contributed by atoms with Crippen molar-refractivity contribution in [2.24, 2.45) is 0 Å². The van der Waals surface area contributed by atoms with Crippen LogP contribution in [0.5, 0.6) is 0 Å². The van der Waals surface area contributed by atoms with Crippen LogP contribution in [-0.2, 0) is 14.3 Å². The molecule has 0 unspecified atom stereocenters. The number of nitro groups is 1. The zero-order valence-electron chi connectivity index (χ0n) is 20.5. The number of esters is 1. The van der Waals surface area contributed by atoms with Gasteiger partial charge in [0.05, 0.1) is 39.6 Å². The molecule has 1 saturated heterocycles. The van der Waals surface area contributed by atoms with Crippen LogP contribution in [0.4, 0.5) is 17.1 Å². The van der Waals surface area contributed by atoms with E-state index in [-0.39, 0.29) is 11.3 Å². The fraction of sp³-hybridized carbons (Fsp3) is 0.222. The number of ether oxygens (including phenoxy) is 2. The smallest absolute Gasteiger partial charge is 0.341 e. The maximum absolute atomic E-state index is 12.8. The van der Waals surface area contributed by atoms with Gasteiger partial charge in [-0.15, -0.1) is 11.3 Å². The van der Waals surface area contributed by atoms with Gasteiger partial charge in [0, 0.05) is 36.5 Å². The number of hydrogen-bond acceptors (Lipinski definition) is 9. The third-order valence-corrected chi connectivity index (χ3v) is 7.12. The van der Waals surface area contributed by atoms with Gasteiger partial charge < -0.3 is 19.7 Å². The van der Waals surface area contributed by atoms with Crippen LogP contribution in [-0.4, -0.2) is 54.7 Å². The number of amides is 1. The fourth-order valence-corrected chi connectivity index (χ4v) is 5.21. The number of fused-ring (bicyclic) bond motifs is 1. The van der Waals surface area contributed by atoms with E-state index in [1.165, 1.54) is 23.8 Å². The van der Waals surface area contributed by atoms with Gasteiger partial charge in [-0.2, -0.15) is 0 Å². The molecule has 2 heterocycles. The maximum atomic E-state index is 12.8. The Labute approximate surface area is 222 Å². The number of hydrogen-bond donors (Lipinski definition) is 1. The molecule has 1 fully saturated rings. The molecule has 0 atom stereocenters. The number of nitrogens with zero attached hydrogens (tertiary/aromatic N) is 3. The molecule has 1 aromatic heterocycles. The van der Waals surface area contributed by atoms with Gasteiger partial charge in [-0.1, -0.05) is 6.07 Å². The van der Waals surface area contributed by atoms with E-state index in [2.05, 4.69) is 16.4 Å². The minimum atomic E-state index is -0.813. The summed E-state index contributed by atoms with van der Waals surface area (Å²) in [7, 11) is 0. The minimum Gasteiger partial charge on any atom is -0.452 e. The predicted molar refractivity (Wildman–Crippen MR) is 145 cm³/mol. The van der Waals surface area contributed by atoms with Crippen LogP contribution in [0.2, 0.25) is 0 Å². The van der Waals surface area contributed by atoms with Crippen molar-refractivity contribution in [2.75, 3.05) is 43.1 Å². The summed E-state index contributed by atoms with van der Waals surface area (Å²) in [6, 6.07) is 17.4. The predicted octanol–water partition coefficient (Wildman–Crippen LogP) is 4.81. The zero-order valence-corrected chi connectivity index (χ0v) is 21.3. The summed E-state index contributed by atoms with van der Waals surface area (Å²) in [5.41, 5.74) is 3.88. The molecule has 38 heavy (non-hydrogen) atoms. The van der Waals surface area contributed by atoms with Crippen LogP contribution in [0.15, 0.2) is 60.7 Å². The second-order valence-corrected chi connectivity index (χ2v) is 9.78. The van der Waals surface area contributed by atoms with Crippen LogP contribution in [0.1, 0.15) is 15.9 Å². The number of carbonyl (C=O) groups excluding carboxylic acids is 2. The monoisotopic (exact) mass is 532 g/mol. The van der Waals surface area contributed by atoms with Crippen molar-refractivity contribution in [1.82, 2.24) is 4.98 Å². The van der Waals surface area contributed by atoms with Crippen molar-refractivity contribution in [2.45, 2.75) is 6.92 Å². The van der Waals surface area contributed by atoms with Crippen LogP contribution < -0.4 is 10.2 Å². The van der Waals surface area contributed by atoms with Crippen LogP contribution in [0, 0.1) is 17.0 Å². The summed E-state index contributed by atoms with van der Waals surface area (Å²) in [5, 5.41) is 14.8. The summed E-state index contributed by atoms with van der Waals surface area (Å²) in [6.07, 6.45) is 0. The van der Waals surface area contributed by atoms with Crippen molar-refractivity contribution >= 4 is 50.5 Å². The number of nitro benzene ring substituents is 1. The van der Waals surface area contributed by atoms with Gasteiger partial charge >= 0.3 is 5.97 Å². The Bertz CT molecular complexity index is 1510. The number of non-ortho nitro benzene ring substituents is 1. The highest BCUT2D eigenvalue weighted by molar-refractivity contribution is 7.21. The lowest BCUT2D eigenvalue weighted by Gasteiger charge is -2.30. The van der Waals surface area contributed by atoms with E-state index >= 15 is 0 Å². The third kappa shape index (κ3) is 5.63. The van der Waals surface area contributed by atoms with Crippen molar-refractivity contribution in [1.29, 1.82) is 0 Å². The molecule has 194 valence electrons. The van der Waals surface area contributed by atoms with Gasteiger partial charge in [-0.05, 0) is 55.0 Å². The lowest BCUT2D eigenvalue weighted by Crippen LogP contribution is -2.37. The van der Waals surface area contributed by atoms with E-state index in [0.717, 1.165) is 20.8 Å². The lowest BCUT2D eigenvalue weighted by molar-refractivity contribution is -0.384. The SMILES string of the molecule is Cc1ccc2nc(-c3ccc(NC(=O)COC(=O)c4cc([N+](=O)[O-])ccc4N4CCOCC4)cc3)sc2c1. The summed E-state index contributed by atoms with van der Waals surface area (Å²) < 4.78 is 11.7. The minimum absolute atomic E-state index is 0.0317. The maximum Gasteiger partial charge on any atom is 0.341 e. The lowest BCUT2D eigenvalue weighted by atomic mass is 10.1. The first kappa shape index (κ1) is 25.3. The molecule has 0 spiro atoms. The first-order valence-corrected chi connectivity index (χ1v) is 12.7. The summed E-state index contributed by atoms with van der Waals surface area (Å²) >= 11 is 1.60. The number of aromatic nitrogens is 1. The Balaban J connectivity index is 1.23. The van der Waals surface area contributed by atoms with Crippen LogP contribution in [0.25, 0.3) is 20.8 Å². The average molecular weight is 533 g/mol. The summed E-state index contributed by atoms with van der Waals surface area (Å²) in [4.78, 5) is 42.6. The Kier molecular flexibility index (Phi) is 7.29. The van der Waals surface area contributed by atoms with Gasteiger partial charge in [0.25, 0.3) is 11.6 Å². The van der Waals surface area contributed by atoms with E-state index in [1.807, 2.05) is 36.1 Å². The standard InChI is InChI=1S/C27H24N4O6S/c1-17-2-8-22-24(14-17)38-26(29-22)18-3-5-19(6-4-18)28-25(32)16-37-27(33)21-15-20(31(34)35)7-9-23(21)30-10-12-36-13-11-30/h2-9,14-15H,10-13,16H2,1H3,(H,28,32). The molecular weight excluding hydrogens is 508 g/mol. The molecule has 5 rings (SSSR count). The Hall–Kier alpha value is -4.35. The number of benzene rings is 3. The molecule has 1 aliphatic rings. The number of thiazole rings is 1. The molecule has 0 radical (unpaired) electrons. The van der Waals surface area contributed by atoms with Crippen LogP contribution in [0.3, 0.4) is 0 Å². The molecule has 3 aromatic carbocycles. The number of morpholine rings is 1. The quantitative estimate of drug-likeness (QED) is 0.204. The van der Waals surface area contributed by atoms with Gasteiger partial charge in [0.2, 0.25) is 0 Å². The van der Waals surface area contributed by atoms with Crippen molar-refractivity contribution in [3.05, 3.63) is 81.9 Å². The fourth-order valence-electron chi connectivity index (χ4n) is 4.14. The van der Waals surface area contributed by atoms with Crippen molar-refractivity contribution in [3.63, 3.8) is 0 Å². The number of nitrogens with one attached hydrogen (secondary N) is 1. The second-order valence-electron chi connectivity index (χ2n) is 8.75. The molecule has 4 aromatic rings. The molecule has 0 saturated carbocycles. The summed E-state index contributed by atoms with van der Waals surface area (Å²) in [5.74, 6) is -1.34. The highest BCUT2D eigenvalue weighted by Gasteiger charge is 2.23. The van der Waals surface area contributed by atoms with E-state index in [9.17, 15) is 19.7 Å². The van der Waals surface area contributed by atoms with E-state index in [0.29, 0.717) is 37.7 Å². The average Bonchev–Trinajstić information content (AvgIpc) is 3.35. The molecule has 1 amide bonds. The Morgan fingerprint density at radius 1 is 1.11 bits per heavy atom. The molecule has 1 aliphatic heterocycles. The number of anilines is 2. The Morgan fingerprint density at radius 3 is 2.61 bits per heavy atom. The van der Waals surface area contributed by atoms with Gasteiger partial charge in [0.15, 0.2) is 6.61 Å². The molecule has 0 bridgehead atoms. The van der Waals surface area contributed by atoms with Crippen LogP contribution >= 0.6 is 11.3 Å². The van der Waals surface area contributed by atoms with Gasteiger partial charge in [-0.25, -0.2) is 9.78 Å². The zero-order chi connectivity index (χ0) is 26.6. The van der Waals surface area contributed by atoms with E-state index in [4.69, 9.17) is 9.47 Å². The largest absolute Gasteiger partial charge is 0.452 e. The second kappa shape index (κ2) is 11.0. The molecule has 1 N–H and O–H groups in total. The topological polar surface area (TPSA) is 124 Å². The van der Waals surface area contributed by atoms with Gasteiger partial charge in [0.1, 0.15) is 5.01 Å². The number of carbonyl (C=O) groups is 2. The van der Waals surface area contributed by atoms with Crippen molar-refractivity contribution in [3.8, 4) is 10.6 Å². The third-order valence-electron chi connectivity index (χ3n) is 6.06. The number of aryl methyl sites for hydroxylation is 1. The van der Waals surface area contributed by atoms with Gasteiger partial charge in [-0.3, -0.25) is 14.9 Å². The first-order chi connectivity index (χ1) is 18.4. The van der Waals surface area contributed by atoms with E-state index in [1.54, 1.807) is 23.5 Å². The molecular formula is C27H24N4O6S. The first-order valence-electron chi connectivity index (χ1n) is 11.9. The summed E-state index contributed by atoms with van der Waals surface area (Å²) in [6.45, 7) is 3.52.